The summed E-state index contributed by atoms with van der Waals surface area (Å²) in [5.74, 6) is 0. The van der Waals surface area contributed by atoms with Crippen molar-refractivity contribution in [1.82, 2.24) is 27.4 Å². The van der Waals surface area contributed by atoms with Crippen LogP contribution in [-0.4, -0.2) is 27.4 Å². The zero-order chi connectivity index (χ0) is 93.5. The van der Waals surface area contributed by atoms with Gasteiger partial charge in [0.05, 0.1) is 66.2 Å². The van der Waals surface area contributed by atoms with Crippen LogP contribution in [0.15, 0.2) is 487 Å². The Balaban J connectivity index is 0.000000109. The molecule has 0 amide bonds. The Morgan fingerprint density at radius 1 is 0.171 bits per heavy atom. The van der Waals surface area contributed by atoms with E-state index in [0.717, 1.165) is 122 Å². The third kappa shape index (κ3) is 13.7. The number of pyridine rings is 6. The fourth-order valence-corrected chi connectivity index (χ4v) is 23.2. The van der Waals surface area contributed by atoms with Gasteiger partial charge >= 0.3 is 0 Å². The van der Waals surface area contributed by atoms with Crippen molar-refractivity contribution in [3.63, 3.8) is 0 Å². The van der Waals surface area contributed by atoms with E-state index in [1.54, 1.807) is 23.5 Å². The zero-order valence-corrected chi connectivity index (χ0v) is 76.5. The van der Waals surface area contributed by atoms with E-state index >= 15 is 0 Å². The smallest absolute Gasteiger partial charge is 0.197 e. The first-order valence-electron chi connectivity index (χ1n) is 46.5. The molecule has 2 N–H and O–H groups in total. The minimum Gasteiger partial charge on any atom is -0.368 e. The van der Waals surface area contributed by atoms with Gasteiger partial charge in [-0.2, -0.15) is 0 Å². The highest BCUT2D eigenvalue weighted by atomic mass is 32.2. The lowest BCUT2D eigenvalue weighted by Gasteiger charge is -2.20. The first kappa shape index (κ1) is 82.7. The second kappa shape index (κ2) is 33.5. The molecular weight excluding hydrogens is 1760 g/mol. The number of anilines is 2. The van der Waals surface area contributed by atoms with Crippen molar-refractivity contribution in [3.05, 3.63) is 521 Å². The number of thioether (sulfide) groups is 2. The molecule has 0 bridgehead atoms. The molecule has 0 spiro atoms. The maximum absolute atomic E-state index is 14.4. The van der Waals surface area contributed by atoms with E-state index in [0.29, 0.717) is 97.7 Å². The van der Waals surface area contributed by atoms with Gasteiger partial charge in [0.25, 0.3) is 0 Å². The Morgan fingerprint density at radius 3 is 0.707 bits per heavy atom. The summed E-state index contributed by atoms with van der Waals surface area (Å²) in [6.45, 7) is 0. The zero-order valence-electron chi connectivity index (χ0n) is 74.8. The van der Waals surface area contributed by atoms with Crippen LogP contribution in [0.1, 0.15) is 21.9 Å². The monoisotopic (exact) mass is 1840 g/mol. The van der Waals surface area contributed by atoms with Gasteiger partial charge in [-0.15, -0.1) is 0 Å². The number of hydrogen-bond acceptors (Lipinski definition) is 10. The van der Waals surface area contributed by atoms with E-state index in [-0.39, 0.29) is 43.3 Å². The molecule has 2 aliphatic rings. The van der Waals surface area contributed by atoms with Gasteiger partial charge in [0.1, 0.15) is 10.7 Å². The molecule has 2 atom stereocenters. The van der Waals surface area contributed by atoms with E-state index in [9.17, 15) is 28.8 Å². The topological polar surface area (TPSA) is 156 Å². The molecule has 0 radical (unpaired) electrons. The van der Waals surface area contributed by atoms with Gasteiger partial charge in [0.2, 0.25) is 0 Å². The van der Waals surface area contributed by atoms with Crippen LogP contribution in [0.3, 0.4) is 0 Å². The first-order valence-corrected chi connectivity index (χ1v) is 48.3. The summed E-state index contributed by atoms with van der Waals surface area (Å²) in [5.41, 5.74) is 21.0. The molecule has 662 valence electrons. The number of hydrogen-bond donors (Lipinski definition) is 2. The summed E-state index contributed by atoms with van der Waals surface area (Å²) in [6.07, 6.45) is 0. The van der Waals surface area contributed by atoms with Crippen molar-refractivity contribution < 1.29 is 0 Å². The van der Waals surface area contributed by atoms with Crippen molar-refractivity contribution >= 4 is 187 Å². The molecular formula is C124H78N8O6S2. The Morgan fingerprint density at radius 2 is 0.400 bits per heavy atom. The largest absolute Gasteiger partial charge is 0.368 e. The van der Waals surface area contributed by atoms with E-state index in [2.05, 4.69) is 232 Å². The number of aromatic nitrogens is 6. The fraction of sp³-hybridized carbons (Fsp3) is 0.0161. The summed E-state index contributed by atoms with van der Waals surface area (Å²) in [4.78, 5) is 87.8. The van der Waals surface area contributed by atoms with Crippen molar-refractivity contribution in [1.29, 1.82) is 0 Å². The highest BCUT2D eigenvalue weighted by Gasteiger charge is 2.28. The van der Waals surface area contributed by atoms with Crippen molar-refractivity contribution in [3.8, 4) is 45.3 Å². The first-order chi connectivity index (χ1) is 68.9. The summed E-state index contributed by atoms with van der Waals surface area (Å²) < 4.78 is 12.7. The molecule has 28 rings (SSSR count). The van der Waals surface area contributed by atoms with Crippen LogP contribution in [0, 0.1) is 0 Å². The summed E-state index contributed by atoms with van der Waals surface area (Å²) in [5, 5.41) is 19.1. The van der Waals surface area contributed by atoms with Crippen LogP contribution < -0.4 is 43.2 Å². The summed E-state index contributed by atoms with van der Waals surface area (Å²) in [6, 6.07) is 149. The van der Waals surface area contributed by atoms with Crippen molar-refractivity contribution in [2.45, 2.75) is 20.5 Å². The second-order valence-electron chi connectivity index (χ2n) is 35.5. The highest BCUT2D eigenvalue weighted by Crippen LogP contribution is 2.49. The van der Waals surface area contributed by atoms with Crippen molar-refractivity contribution in [2.75, 3.05) is 10.6 Å². The molecule has 14 nitrogen and oxygen atoms in total. The van der Waals surface area contributed by atoms with Gasteiger partial charge in [0, 0.05) is 120 Å². The Bertz CT molecular complexity index is 9690. The SMILES string of the molecule is O=c1c2ccccc2n(-c2ccc(C3Nc4ccccc4S3)cc2)c2cc3c(=O)c4ccccc4n(-c4ccc(C5Nc6ccccc6S5)cc4)c3cc12.O=c1c2ccccc2n(-c2ccc3ccccc3c2)c2cc3c(=O)c4ccccc4n(-c4ccc5ccccc5c4)c3cc12.O=c1c2ccccc2n(-c2ccccc2)c2cc3c(=O)c4ccccc4n(-c4ccc(-c5ccccc5)cc4)c3cc12. The molecule has 2 unspecified atom stereocenters. The predicted octanol–water partition coefficient (Wildman–Crippen LogP) is 28.2. The van der Waals surface area contributed by atoms with Crippen LogP contribution >= 0.6 is 23.5 Å². The minimum atomic E-state index is -0.0638. The number of nitrogens with one attached hydrogen (secondary N) is 2. The summed E-state index contributed by atoms with van der Waals surface area (Å²) in [7, 11) is 0. The molecule has 2 aliphatic heterocycles. The fourth-order valence-electron chi connectivity index (χ4n) is 20.9. The molecule has 26 aromatic rings. The molecule has 8 heterocycles. The average molecular weight is 1840 g/mol. The Hall–Kier alpha value is -18.0. The Kier molecular flexibility index (Phi) is 19.8. The lowest BCUT2D eigenvalue weighted by molar-refractivity contribution is 1.11. The second-order valence-corrected chi connectivity index (χ2v) is 37.8. The number of fused-ring (bicyclic) bond motifs is 16. The van der Waals surface area contributed by atoms with Gasteiger partial charge in [-0.3, -0.25) is 28.8 Å². The molecule has 140 heavy (non-hydrogen) atoms. The number of rotatable bonds is 9. The van der Waals surface area contributed by atoms with Gasteiger partial charge < -0.3 is 38.0 Å². The lowest BCUT2D eigenvalue weighted by Crippen LogP contribution is -2.14. The minimum absolute atomic E-state index is 0.0544. The third-order valence-electron chi connectivity index (χ3n) is 27.6. The molecule has 0 saturated carbocycles. The maximum atomic E-state index is 14.4. The van der Waals surface area contributed by atoms with E-state index in [4.69, 9.17) is 0 Å². The molecule has 16 heteroatoms. The van der Waals surface area contributed by atoms with Crippen LogP contribution in [0.5, 0.6) is 0 Å². The van der Waals surface area contributed by atoms with Crippen LogP contribution in [0.25, 0.3) is 198 Å². The normalized spacial score (nSPS) is 13.4. The Labute approximate surface area is 806 Å². The van der Waals surface area contributed by atoms with Gasteiger partial charge in [-0.05, 0) is 250 Å². The molecule has 6 aromatic heterocycles. The van der Waals surface area contributed by atoms with Crippen LogP contribution in [-0.2, 0) is 0 Å². The number of nitrogens with zero attached hydrogens (tertiary/aromatic N) is 6. The quantitative estimate of drug-likeness (QED) is 0.133. The lowest BCUT2D eigenvalue weighted by atomic mass is 10.0. The predicted molar refractivity (Wildman–Crippen MR) is 581 cm³/mol. The van der Waals surface area contributed by atoms with E-state index in [1.165, 1.54) is 9.79 Å². The molecule has 0 fully saturated rings. The number of benzene rings is 20. The van der Waals surface area contributed by atoms with Gasteiger partial charge in [-0.1, -0.05) is 266 Å². The van der Waals surface area contributed by atoms with Crippen LogP contribution in [0.2, 0.25) is 0 Å². The van der Waals surface area contributed by atoms with E-state index < -0.39 is 0 Å². The van der Waals surface area contributed by atoms with Gasteiger partial charge in [0.15, 0.2) is 32.6 Å². The molecule has 20 aromatic carbocycles. The molecule has 0 saturated heterocycles. The standard InChI is InChI=1S/C46H30N4O2S2.C40H24N2O2.C38H24N2O2/c51-43-31-9-1-5-13-37(31)49(29-21-17-27(18-22-29)45-47-35-11-3-7-15-41(35)53-45)39-26-34-40(25-33(39)43)50(38-14-6-2-10-32(38)44(34)52)30-23-19-28(20-24-30)46-48-36-12-4-8-16-42(36)54-46;43-39-31-13-5-7-15-35(31)41(29-19-17-25-9-1-3-11-27(25)21-29)37-23-34-38(24-33(37)39)42(36-16-8-6-14-32(36)40(34)44)30-20-18-26-10-2-4-12-28(26)22-30;41-37-29-15-7-9-17-33(29)39(27-13-5-2-6-14-27)35-23-32-36(24-31(35)37)40(34-18-10-8-16-30(34)38(32)42)28-21-19-26(20-22-28)25-11-3-1-4-12-25/h1-26,45-48H;1-24H;1-24H. The summed E-state index contributed by atoms with van der Waals surface area (Å²) >= 11 is 3.61. The van der Waals surface area contributed by atoms with Crippen LogP contribution in [0.4, 0.5) is 11.4 Å². The number of para-hydroxylation sites is 9. The van der Waals surface area contributed by atoms with Crippen molar-refractivity contribution in [2.24, 2.45) is 0 Å². The molecule has 0 aliphatic carbocycles. The third-order valence-corrected chi connectivity index (χ3v) is 30.0. The van der Waals surface area contributed by atoms with E-state index in [1.807, 2.05) is 255 Å². The van der Waals surface area contributed by atoms with Gasteiger partial charge in [-0.25, -0.2) is 0 Å². The average Bonchev–Trinajstić information content (AvgIpc) is 0.763. The highest BCUT2D eigenvalue weighted by molar-refractivity contribution is 8.00. The maximum Gasteiger partial charge on any atom is 0.197 e.